The Bertz CT molecular complexity index is 517. The SMILES string of the molecule is COCC1(CNC(=O)C(C)(C)c2ccc(C)cc2)CCNCC1.Cl. The van der Waals surface area contributed by atoms with Crippen LogP contribution >= 0.6 is 12.4 Å². The van der Waals surface area contributed by atoms with Crippen molar-refractivity contribution in [2.24, 2.45) is 5.41 Å². The molecule has 1 fully saturated rings. The zero-order valence-electron chi connectivity index (χ0n) is 15.3. The standard InChI is InChI=1S/C19H30N2O2.ClH/c1-15-5-7-16(8-6-15)18(2,3)17(22)21-13-19(14-23-4)9-11-20-12-10-19;/h5-8,20H,9-14H2,1-4H3,(H,21,22);1H. The quantitative estimate of drug-likeness (QED) is 0.825. The van der Waals surface area contributed by atoms with Crippen LogP contribution in [0.5, 0.6) is 0 Å². The van der Waals surface area contributed by atoms with Crippen LogP contribution < -0.4 is 10.6 Å². The van der Waals surface area contributed by atoms with E-state index in [2.05, 4.69) is 29.7 Å². The van der Waals surface area contributed by atoms with E-state index >= 15 is 0 Å². The first-order chi connectivity index (χ1) is 10.9. The summed E-state index contributed by atoms with van der Waals surface area (Å²) in [5.74, 6) is 0.0790. The number of methoxy groups -OCH3 is 1. The molecule has 5 heteroatoms. The second kappa shape index (κ2) is 8.84. The maximum absolute atomic E-state index is 12.8. The van der Waals surface area contributed by atoms with Gasteiger partial charge in [0.25, 0.3) is 0 Å². The van der Waals surface area contributed by atoms with Crippen LogP contribution in [0.3, 0.4) is 0 Å². The van der Waals surface area contributed by atoms with Crippen LogP contribution in [0, 0.1) is 12.3 Å². The molecule has 0 aliphatic carbocycles. The van der Waals surface area contributed by atoms with Gasteiger partial charge in [-0.2, -0.15) is 0 Å². The van der Waals surface area contributed by atoms with Gasteiger partial charge in [-0.25, -0.2) is 0 Å². The summed E-state index contributed by atoms with van der Waals surface area (Å²) in [5.41, 5.74) is 1.78. The summed E-state index contributed by atoms with van der Waals surface area (Å²) in [5, 5.41) is 6.56. The molecule has 24 heavy (non-hydrogen) atoms. The van der Waals surface area contributed by atoms with Gasteiger partial charge in [-0.1, -0.05) is 29.8 Å². The summed E-state index contributed by atoms with van der Waals surface area (Å²) in [6.07, 6.45) is 2.07. The lowest BCUT2D eigenvalue weighted by Crippen LogP contribution is -2.50. The fourth-order valence-corrected chi connectivity index (χ4v) is 3.23. The summed E-state index contributed by atoms with van der Waals surface area (Å²) < 4.78 is 5.42. The van der Waals surface area contributed by atoms with Gasteiger partial charge in [0.2, 0.25) is 5.91 Å². The van der Waals surface area contributed by atoms with Gasteiger partial charge in [-0.3, -0.25) is 4.79 Å². The lowest BCUT2D eigenvalue weighted by atomic mass is 9.78. The highest BCUT2D eigenvalue weighted by molar-refractivity contribution is 5.87. The van der Waals surface area contributed by atoms with Crippen LogP contribution in [-0.2, 0) is 14.9 Å². The van der Waals surface area contributed by atoms with Gasteiger partial charge < -0.3 is 15.4 Å². The second-order valence-electron chi connectivity index (χ2n) is 7.36. The molecule has 1 heterocycles. The van der Waals surface area contributed by atoms with Crippen molar-refractivity contribution >= 4 is 18.3 Å². The molecule has 1 aliphatic heterocycles. The normalized spacial score (nSPS) is 17.0. The van der Waals surface area contributed by atoms with E-state index in [1.54, 1.807) is 7.11 Å². The first-order valence-electron chi connectivity index (χ1n) is 8.45. The average Bonchev–Trinajstić information content (AvgIpc) is 2.54. The van der Waals surface area contributed by atoms with E-state index in [1.807, 2.05) is 26.0 Å². The minimum absolute atomic E-state index is 0. The third-order valence-corrected chi connectivity index (χ3v) is 5.08. The molecular weight excluding hydrogens is 324 g/mol. The summed E-state index contributed by atoms with van der Waals surface area (Å²) in [6.45, 7) is 9.37. The summed E-state index contributed by atoms with van der Waals surface area (Å²) >= 11 is 0. The van der Waals surface area contributed by atoms with Gasteiger partial charge in [0, 0.05) is 19.1 Å². The topological polar surface area (TPSA) is 50.4 Å². The smallest absolute Gasteiger partial charge is 0.230 e. The number of piperidine rings is 1. The molecule has 0 radical (unpaired) electrons. The lowest BCUT2D eigenvalue weighted by Gasteiger charge is -2.38. The highest BCUT2D eigenvalue weighted by atomic mass is 35.5. The van der Waals surface area contributed by atoms with Crippen LogP contribution in [0.4, 0.5) is 0 Å². The Balaban J connectivity index is 0.00000288. The van der Waals surface area contributed by atoms with Gasteiger partial charge >= 0.3 is 0 Å². The molecule has 4 nitrogen and oxygen atoms in total. The van der Waals surface area contributed by atoms with Crippen molar-refractivity contribution in [3.63, 3.8) is 0 Å². The van der Waals surface area contributed by atoms with Crippen molar-refractivity contribution < 1.29 is 9.53 Å². The number of carbonyl (C=O) groups excluding carboxylic acids is 1. The molecule has 0 bridgehead atoms. The zero-order valence-corrected chi connectivity index (χ0v) is 16.1. The van der Waals surface area contributed by atoms with Gasteiger partial charge in [0.1, 0.15) is 0 Å². The second-order valence-corrected chi connectivity index (χ2v) is 7.36. The third-order valence-electron chi connectivity index (χ3n) is 5.08. The lowest BCUT2D eigenvalue weighted by molar-refractivity contribution is -0.126. The molecule has 0 spiro atoms. The maximum Gasteiger partial charge on any atom is 0.230 e. The molecule has 2 N–H and O–H groups in total. The molecule has 0 aromatic heterocycles. The number of aryl methyl sites for hydroxylation is 1. The molecule has 0 unspecified atom stereocenters. The molecule has 1 saturated heterocycles. The average molecular weight is 355 g/mol. The fraction of sp³-hybridized carbons (Fsp3) is 0.632. The summed E-state index contributed by atoms with van der Waals surface area (Å²) in [6, 6.07) is 8.21. The van der Waals surface area contributed by atoms with Crippen molar-refractivity contribution in [1.82, 2.24) is 10.6 Å². The molecule has 136 valence electrons. The van der Waals surface area contributed by atoms with Crippen molar-refractivity contribution in [1.29, 1.82) is 0 Å². The maximum atomic E-state index is 12.8. The Morgan fingerprint density at radius 2 is 1.83 bits per heavy atom. The van der Waals surface area contributed by atoms with Crippen LogP contribution in [-0.4, -0.2) is 39.3 Å². The van der Waals surface area contributed by atoms with Crippen molar-refractivity contribution in [2.45, 2.75) is 39.0 Å². The Morgan fingerprint density at radius 3 is 2.38 bits per heavy atom. The molecule has 1 aromatic carbocycles. The number of hydrogen-bond donors (Lipinski definition) is 2. The van der Waals surface area contributed by atoms with Crippen LogP contribution in [0.2, 0.25) is 0 Å². The molecule has 1 amide bonds. The Morgan fingerprint density at radius 1 is 1.25 bits per heavy atom. The van der Waals surface area contributed by atoms with E-state index in [1.165, 1.54) is 5.56 Å². The Kier molecular flexibility index (Phi) is 7.71. The molecule has 1 aliphatic rings. The number of rotatable bonds is 6. The summed E-state index contributed by atoms with van der Waals surface area (Å²) in [7, 11) is 1.74. The van der Waals surface area contributed by atoms with E-state index in [9.17, 15) is 4.79 Å². The van der Waals surface area contributed by atoms with Crippen LogP contribution in [0.1, 0.15) is 37.8 Å². The van der Waals surface area contributed by atoms with E-state index in [0.717, 1.165) is 31.5 Å². The summed E-state index contributed by atoms with van der Waals surface area (Å²) in [4.78, 5) is 12.8. The molecule has 0 saturated carbocycles. The van der Waals surface area contributed by atoms with Gasteiger partial charge in [0.15, 0.2) is 0 Å². The van der Waals surface area contributed by atoms with Crippen molar-refractivity contribution in [3.8, 4) is 0 Å². The predicted molar refractivity (Wildman–Crippen MR) is 101 cm³/mol. The van der Waals surface area contributed by atoms with Crippen molar-refractivity contribution in [2.75, 3.05) is 33.4 Å². The zero-order chi connectivity index (χ0) is 16.9. The molecule has 0 atom stereocenters. The third kappa shape index (κ3) is 4.95. The largest absolute Gasteiger partial charge is 0.384 e. The molecule has 2 rings (SSSR count). The number of hydrogen-bond acceptors (Lipinski definition) is 3. The van der Waals surface area contributed by atoms with Crippen LogP contribution in [0.25, 0.3) is 0 Å². The van der Waals surface area contributed by atoms with E-state index in [4.69, 9.17) is 4.74 Å². The van der Waals surface area contributed by atoms with Crippen molar-refractivity contribution in [3.05, 3.63) is 35.4 Å². The monoisotopic (exact) mass is 354 g/mol. The van der Waals surface area contributed by atoms with Gasteiger partial charge in [0.05, 0.1) is 12.0 Å². The number of carbonyl (C=O) groups is 1. The Hall–Kier alpha value is -1.10. The van der Waals surface area contributed by atoms with E-state index < -0.39 is 5.41 Å². The number of benzene rings is 1. The first-order valence-corrected chi connectivity index (χ1v) is 8.45. The first kappa shape index (κ1) is 20.9. The Labute approximate surface area is 152 Å². The predicted octanol–water partition coefficient (Wildman–Crippen LogP) is 2.83. The number of halogens is 1. The fourth-order valence-electron chi connectivity index (χ4n) is 3.23. The minimum atomic E-state index is -0.533. The van der Waals surface area contributed by atoms with Gasteiger partial charge in [-0.05, 0) is 52.3 Å². The number of nitrogens with one attached hydrogen (secondary N) is 2. The highest BCUT2D eigenvalue weighted by Gasteiger charge is 2.35. The highest BCUT2D eigenvalue weighted by Crippen LogP contribution is 2.29. The molecular formula is C19H31ClN2O2. The minimum Gasteiger partial charge on any atom is -0.384 e. The van der Waals surface area contributed by atoms with E-state index in [-0.39, 0.29) is 23.7 Å². The molecule has 1 aromatic rings. The number of ether oxygens (including phenoxy) is 1. The van der Waals surface area contributed by atoms with Gasteiger partial charge in [-0.15, -0.1) is 12.4 Å². The van der Waals surface area contributed by atoms with E-state index in [0.29, 0.717) is 13.2 Å². The van der Waals surface area contributed by atoms with Crippen LogP contribution in [0.15, 0.2) is 24.3 Å². The number of amides is 1.